The molecule has 7 nitrogen and oxygen atoms in total. The number of rotatable bonds is 6. The zero-order chi connectivity index (χ0) is 33.7. The van der Waals surface area contributed by atoms with Gasteiger partial charge in [-0.25, -0.2) is 17.6 Å². The molecule has 5 fully saturated rings. The molecule has 0 unspecified atom stereocenters. The third kappa shape index (κ3) is 4.78. The molecule has 3 atom stereocenters. The van der Waals surface area contributed by atoms with E-state index < -0.39 is 28.6 Å². The molecule has 0 spiro atoms. The van der Waals surface area contributed by atoms with Gasteiger partial charge >= 0.3 is 6.01 Å². The lowest BCUT2D eigenvalue weighted by molar-refractivity contribution is 0.108. The standard InChI is InChI=1S/C38H35F4N5O2/c1-2-26-29(40)7-4-22-12-25(48)13-27(31(22)26)32-30(41)14-28-34(33(32)42)43-36(49-20-37-9-3-11-47(37)17-21(15-37)16-39)44-35(28)46-18-24-8-10-38(19-46,45-24)23-5-6-23/h1,4,7,12-14,16,23-24,45,48H,3,5-6,8-11,15,17-20H2/b21-16-/t24-,37-,38+/m0/s1. The number of hydrogen-bond acceptors (Lipinski definition) is 7. The quantitative estimate of drug-likeness (QED) is 0.174. The number of terminal acetylenes is 1. The van der Waals surface area contributed by atoms with E-state index in [9.17, 15) is 13.9 Å². The zero-order valence-corrected chi connectivity index (χ0v) is 26.8. The number of ether oxygens (including phenoxy) is 1. The van der Waals surface area contributed by atoms with Gasteiger partial charge in [-0.3, -0.25) is 4.90 Å². The number of phenols is 1. The van der Waals surface area contributed by atoms with E-state index in [2.05, 4.69) is 26.0 Å². The smallest absolute Gasteiger partial charge is 0.319 e. The van der Waals surface area contributed by atoms with Crippen LogP contribution in [-0.2, 0) is 0 Å². The van der Waals surface area contributed by atoms with Crippen LogP contribution < -0.4 is 15.0 Å². The molecule has 4 saturated heterocycles. The Bertz CT molecular complexity index is 2130. The Hall–Kier alpha value is -4.40. The zero-order valence-electron chi connectivity index (χ0n) is 26.8. The van der Waals surface area contributed by atoms with E-state index in [0.29, 0.717) is 55.1 Å². The third-order valence-electron chi connectivity index (χ3n) is 11.6. The Labute approximate surface area is 281 Å². The Morgan fingerprint density at radius 1 is 1.10 bits per heavy atom. The van der Waals surface area contributed by atoms with Gasteiger partial charge in [0.25, 0.3) is 0 Å². The van der Waals surface area contributed by atoms with Gasteiger partial charge in [0.1, 0.15) is 35.3 Å². The molecule has 252 valence electrons. The molecule has 4 aliphatic heterocycles. The van der Waals surface area contributed by atoms with Crippen LogP contribution in [0.15, 0.2) is 42.2 Å². The fourth-order valence-corrected chi connectivity index (χ4v) is 9.29. The van der Waals surface area contributed by atoms with E-state index >= 15 is 8.78 Å². The summed E-state index contributed by atoms with van der Waals surface area (Å²) in [6.07, 6.45) is 13.0. The first kappa shape index (κ1) is 30.6. The predicted molar refractivity (Wildman–Crippen MR) is 179 cm³/mol. The van der Waals surface area contributed by atoms with Crippen molar-refractivity contribution < 1.29 is 27.4 Å². The Balaban J connectivity index is 1.21. The SMILES string of the molecule is C#Cc1c(F)ccc2cc(O)cc(-c3c(F)cc4c(N5C[C@@H]6CC[C@](C7CC7)(C5)N6)nc(OC[C@@]56CCCN5C/C(=C\F)C6)nc4c3F)c12. The van der Waals surface area contributed by atoms with Crippen molar-refractivity contribution in [1.29, 1.82) is 0 Å². The minimum atomic E-state index is -0.998. The number of aromatic nitrogens is 2. The van der Waals surface area contributed by atoms with Crippen LogP contribution >= 0.6 is 0 Å². The molecule has 5 heterocycles. The van der Waals surface area contributed by atoms with Crippen molar-refractivity contribution in [3.8, 4) is 35.2 Å². The van der Waals surface area contributed by atoms with Gasteiger partial charge in [0.05, 0.1) is 23.0 Å². The van der Waals surface area contributed by atoms with Gasteiger partial charge in [-0.2, -0.15) is 9.97 Å². The third-order valence-corrected chi connectivity index (χ3v) is 11.6. The lowest BCUT2D eigenvalue weighted by Crippen LogP contribution is -2.61. The van der Waals surface area contributed by atoms with Gasteiger partial charge in [-0.1, -0.05) is 12.0 Å². The van der Waals surface area contributed by atoms with Crippen molar-refractivity contribution in [3.05, 3.63) is 65.2 Å². The lowest BCUT2D eigenvalue weighted by Gasteiger charge is -2.42. The fourth-order valence-electron chi connectivity index (χ4n) is 9.29. The van der Waals surface area contributed by atoms with Gasteiger partial charge in [0, 0.05) is 47.6 Å². The van der Waals surface area contributed by atoms with Crippen LogP contribution in [0.3, 0.4) is 0 Å². The number of fused-ring (bicyclic) bond motifs is 5. The highest BCUT2D eigenvalue weighted by molar-refractivity contribution is 6.04. The summed E-state index contributed by atoms with van der Waals surface area (Å²) in [7, 11) is 0. The minimum absolute atomic E-state index is 0.0552. The first-order chi connectivity index (χ1) is 23.7. The normalized spacial score (nSPS) is 27.4. The number of nitrogens with one attached hydrogen (secondary N) is 1. The Kier molecular flexibility index (Phi) is 6.91. The molecule has 49 heavy (non-hydrogen) atoms. The first-order valence-electron chi connectivity index (χ1n) is 17.0. The van der Waals surface area contributed by atoms with Gasteiger partial charge in [0.15, 0.2) is 5.82 Å². The van der Waals surface area contributed by atoms with Crippen LogP contribution in [0.2, 0.25) is 0 Å². The highest BCUT2D eigenvalue weighted by Crippen LogP contribution is 2.49. The van der Waals surface area contributed by atoms with Crippen molar-refractivity contribution in [2.45, 2.75) is 62.1 Å². The number of halogens is 4. The topological polar surface area (TPSA) is 73.8 Å². The summed E-state index contributed by atoms with van der Waals surface area (Å²) in [6, 6.07) is 6.50. The number of anilines is 1. The summed E-state index contributed by atoms with van der Waals surface area (Å²) >= 11 is 0. The van der Waals surface area contributed by atoms with Crippen LogP contribution in [0.1, 0.15) is 50.5 Å². The van der Waals surface area contributed by atoms with Gasteiger partial charge in [-0.05, 0) is 92.6 Å². The van der Waals surface area contributed by atoms with Crippen molar-refractivity contribution in [3.63, 3.8) is 0 Å². The summed E-state index contributed by atoms with van der Waals surface area (Å²) in [5, 5.41) is 15.1. The maximum atomic E-state index is 17.1. The van der Waals surface area contributed by atoms with E-state index in [4.69, 9.17) is 16.1 Å². The number of benzene rings is 3. The number of hydrogen-bond donors (Lipinski definition) is 2. The summed E-state index contributed by atoms with van der Waals surface area (Å²) in [5.74, 6) is 0.339. The van der Waals surface area contributed by atoms with Crippen LogP contribution in [0, 0.1) is 35.7 Å². The fraction of sp³-hybridized carbons (Fsp3) is 0.421. The lowest BCUT2D eigenvalue weighted by atomic mass is 9.90. The number of aromatic hydroxyl groups is 1. The van der Waals surface area contributed by atoms with Crippen LogP contribution in [0.25, 0.3) is 32.8 Å². The molecule has 2 N–H and O–H groups in total. The highest BCUT2D eigenvalue weighted by atomic mass is 19.1. The molecule has 5 aliphatic rings. The largest absolute Gasteiger partial charge is 0.508 e. The molecule has 1 aromatic heterocycles. The summed E-state index contributed by atoms with van der Waals surface area (Å²) in [6.45, 7) is 2.78. The van der Waals surface area contributed by atoms with E-state index in [1.54, 1.807) is 0 Å². The van der Waals surface area contributed by atoms with Gasteiger partial charge in [0.2, 0.25) is 0 Å². The minimum Gasteiger partial charge on any atom is -0.508 e. The average Bonchev–Trinajstić information content (AvgIpc) is 3.70. The second-order valence-electron chi connectivity index (χ2n) is 14.6. The molecule has 11 heteroatoms. The van der Waals surface area contributed by atoms with E-state index in [-0.39, 0.29) is 57.4 Å². The van der Waals surface area contributed by atoms with Crippen molar-refractivity contribution in [2.75, 3.05) is 37.7 Å². The van der Waals surface area contributed by atoms with Crippen molar-refractivity contribution in [2.24, 2.45) is 5.92 Å². The molecule has 1 saturated carbocycles. The second kappa shape index (κ2) is 11.1. The van der Waals surface area contributed by atoms with E-state index in [1.165, 1.54) is 24.3 Å². The predicted octanol–water partition coefficient (Wildman–Crippen LogP) is 6.75. The molecule has 4 aromatic rings. The summed E-state index contributed by atoms with van der Waals surface area (Å²) in [5.41, 5.74) is -0.701. The summed E-state index contributed by atoms with van der Waals surface area (Å²) < 4.78 is 68.3. The van der Waals surface area contributed by atoms with Crippen LogP contribution in [0.5, 0.6) is 11.8 Å². The molecule has 9 rings (SSSR count). The van der Waals surface area contributed by atoms with Gasteiger partial charge < -0.3 is 20.1 Å². The van der Waals surface area contributed by atoms with E-state index in [1.807, 2.05) is 0 Å². The molecule has 0 amide bonds. The van der Waals surface area contributed by atoms with Crippen molar-refractivity contribution in [1.82, 2.24) is 20.2 Å². The molecular formula is C38H35F4N5O2. The van der Waals surface area contributed by atoms with Crippen molar-refractivity contribution >= 4 is 27.5 Å². The molecule has 3 aromatic carbocycles. The highest BCUT2D eigenvalue weighted by Gasteiger charge is 2.53. The molecular weight excluding hydrogens is 634 g/mol. The second-order valence-corrected chi connectivity index (χ2v) is 14.6. The van der Waals surface area contributed by atoms with E-state index in [0.717, 1.165) is 51.1 Å². The number of piperazine rings is 1. The van der Waals surface area contributed by atoms with Gasteiger partial charge in [-0.15, -0.1) is 6.42 Å². The molecule has 1 aliphatic carbocycles. The Morgan fingerprint density at radius 3 is 2.76 bits per heavy atom. The maximum Gasteiger partial charge on any atom is 0.319 e. The van der Waals surface area contributed by atoms with Crippen LogP contribution in [0.4, 0.5) is 23.4 Å². The summed E-state index contributed by atoms with van der Waals surface area (Å²) in [4.78, 5) is 13.7. The maximum absolute atomic E-state index is 17.1. The molecule has 0 radical (unpaired) electrons. The first-order valence-corrected chi connectivity index (χ1v) is 17.0. The Morgan fingerprint density at radius 2 is 1.96 bits per heavy atom. The van der Waals surface area contributed by atoms with Crippen LogP contribution in [-0.4, -0.2) is 69.9 Å². The number of nitrogens with zero attached hydrogens (tertiary/aromatic N) is 4. The number of phenolic OH excluding ortho intramolecular Hbond substituents is 1. The monoisotopic (exact) mass is 669 g/mol. The average molecular weight is 670 g/mol. The molecule has 2 bridgehead atoms.